The van der Waals surface area contributed by atoms with Crippen LogP contribution in [-0.4, -0.2) is 49.7 Å². The molecule has 1 saturated carbocycles. The van der Waals surface area contributed by atoms with Gasteiger partial charge >= 0.3 is 5.97 Å². The molecule has 1 aromatic rings. The number of hydrogen-bond acceptors (Lipinski definition) is 4. The van der Waals surface area contributed by atoms with Crippen molar-refractivity contribution in [2.24, 2.45) is 23.2 Å². The number of carbonyl (C=O) groups is 1. The fraction of sp³-hybridized carbons (Fsp3) is 0.640. The minimum absolute atomic E-state index is 0.00802. The highest BCUT2D eigenvalue weighted by molar-refractivity contribution is 6.42. The average Bonchev–Trinajstić information content (AvgIpc) is 3.03. The molecule has 0 spiro atoms. The average molecular weight is 463 g/mol. The Morgan fingerprint density at radius 3 is 2.68 bits per heavy atom. The number of allylic oxidation sites excluding steroid dienone is 1. The fourth-order valence-electron chi connectivity index (χ4n) is 6.41. The second-order valence-electron chi connectivity index (χ2n) is 10.2. The molecule has 2 aliphatic heterocycles. The van der Waals surface area contributed by atoms with Crippen molar-refractivity contribution in [3.8, 4) is 0 Å². The molecule has 0 bridgehead atoms. The monoisotopic (exact) mass is 462 g/mol. The van der Waals surface area contributed by atoms with Crippen molar-refractivity contribution in [3.63, 3.8) is 0 Å². The Bertz CT molecular complexity index is 896. The largest absolute Gasteiger partial charge is 0.461 e. The first kappa shape index (κ1) is 21.6. The Morgan fingerprint density at radius 2 is 1.94 bits per heavy atom. The number of piperazine rings is 1. The van der Waals surface area contributed by atoms with Crippen LogP contribution in [0.25, 0.3) is 0 Å². The van der Waals surface area contributed by atoms with Crippen molar-refractivity contribution in [1.82, 2.24) is 4.90 Å². The SMILES string of the molecule is C[C@H]1CCC[C@]2(C)C[C@H]3OC(=O)[C@@H](CN4CCN(c5ccc(Cl)c(Cl)c5)CC4)[C@H]3C=C12. The van der Waals surface area contributed by atoms with Crippen molar-refractivity contribution in [3.05, 3.63) is 39.9 Å². The number of hydrogen-bond donors (Lipinski definition) is 0. The van der Waals surface area contributed by atoms with Gasteiger partial charge in [0.25, 0.3) is 0 Å². The molecule has 5 atom stereocenters. The Kier molecular flexibility index (Phi) is 5.77. The number of nitrogens with zero attached hydrogens (tertiary/aromatic N) is 2. The van der Waals surface area contributed by atoms with Gasteiger partial charge in [-0.25, -0.2) is 0 Å². The standard InChI is InChI=1S/C25H32Cl2N2O2/c1-16-4-3-7-25(2)14-23-18(13-20(16)25)19(24(30)31-23)15-28-8-10-29(11-9-28)17-5-6-21(26)22(27)12-17/h5-6,12-13,16,18-19,23H,3-4,7-11,14-15H2,1-2H3/t16-,18+,19-,23+,25+/m0/s1. The van der Waals surface area contributed by atoms with Gasteiger partial charge in [-0.3, -0.25) is 9.69 Å². The maximum Gasteiger partial charge on any atom is 0.311 e. The predicted molar refractivity (Wildman–Crippen MR) is 126 cm³/mol. The van der Waals surface area contributed by atoms with E-state index < -0.39 is 0 Å². The van der Waals surface area contributed by atoms with Crippen molar-refractivity contribution in [2.45, 2.75) is 45.6 Å². The zero-order chi connectivity index (χ0) is 21.8. The second-order valence-corrected chi connectivity index (χ2v) is 11.0. The molecule has 1 aromatic carbocycles. The fourth-order valence-corrected chi connectivity index (χ4v) is 6.70. The molecule has 0 aromatic heterocycles. The highest BCUT2D eigenvalue weighted by Crippen LogP contribution is 2.54. The summed E-state index contributed by atoms with van der Waals surface area (Å²) in [7, 11) is 0. The van der Waals surface area contributed by atoms with E-state index in [0.29, 0.717) is 16.0 Å². The topological polar surface area (TPSA) is 32.8 Å². The van der Waals surface area contributed by atoms with E-state index in [-0.39, 0.29) is 29.3 Å². The molecule has 4 aliphatic rings. The Balaban J connectivity index is 1.25. The van der Waals surface area contributed by atoms with E-state index >= 15 is 0 Å². The van der Waals surface area contributed by atoms with Gasteiger partial charge in [-0.2, -0.15) is 0 Å². The molecular weight excluding hydrogens is 431 g/mol. The number of benzene rings is 1. The van der Waals surface area contributed by atoms with Crippen LogP contribution < -0.4 is 4.90 Å². The summed E-state index contributed by atoms with van der Waals surface area (Å²) < 4.78 is 5.94. The van der Waals surface area contributed by atoms with Gasteiger partial charge in [0.1, 0.15) is 6.10 Å². The first-order chi connectivity index (χ1) is 14.8. The lowest BCUT2D eigenvalue weighted by atomic mass is 9.59. The van der Waals surface area contributed by atoms with Gasteiger partial charge in [0.2, 0.25) is 0 Å². The van der Waals surface area contributed by atoms with Gasteiger partial charge in [0.05, 0.1) is 16.0 Å². The molecule has 0 radical (unpaired) electrons. The van der Waals surface area contributed by atoms with Crippen LogP contribution in [0.15, 0.2) is 29.8 Å². The first-order valence-corrected chi connectivity index (χ1v) is 12.4. The van der Waals surface area contributed by atoms with Gasteiger partial charge in [0.15, 0.2) is 0 Å². The third-order valence-electron chi connectivity index (χ3n) is 8.18. The molecule has 168 valence electrons. The van der Waals surface area contributed by atoms with Crippen LogP contribution >= 0.6 is 23.2 Å². The smallest absolute Gasteiger partial charge is 0.311 e. The van der Waals surface area contributed by atoms with E-state index in [1.807, 2.05) is 18.2 Å². The lowest BCUT2D eigenvalue weighted by molar-refractivity contribution is -0.145. The van der Waals surface area contributed by atoms with Crippen LogP contribution in [0.4, 0.5) is 5.69 Å². The van der Waals surface area contributed by atoms with E-state index in [2.05, 4.69) is 29.7 Å². The summed E-state index contributed by atoms with van der Waals surface area (Å²) in [4.78, 5) is 17.6. The number of esters is 1. The zero-order valence-corrected chi connectivity index (χ0v) is 20.0. The number of carbonyl (C=O) groups excluding carboxylic acids is 1. The first-order valence-electron chi connectivity index (χ1n) is 11.7. The van der Waals surface area contributed by atoms with Crippen LogP contribution in [-0.2, 0) is 9.53 Å². The predicted octanol–water partition coefficient (Wildman–Crippen LogP) is 5.43. The van der Waals surface area contributed by atoms with E-state index in [4.69, 9.17) is 27.9 Å². The van der Waals surface area contributed by atoms with E-state index in [1.54, 1.807) is 5.57 Å². The second kappa shape index (κ2) is 8.28. The summed E-state index contributed by atoms with van der Waals surface area (Å²) in [5.74, 6) is 0.844. The van der Waals surface area contributed by atoms with E-state index in [0.717, 1.165) is 44.8 Å². The summed E-state index contributed by atoms with van der Waals surface area (Å²) >= 11 is 12.3. The minimum atomic E-state index is -0.0345. The van der Waals surface area contributed by atoms with Gasteiger partial charge < -0.3 is 9.64 Å². The molecule has 6 heteroatoms. The van der Waals surface area contributed by atoms with Crippen molar-refractivity contribution in [2.75, 3.05) is 37.6 Å². The normalized spacial score (nSPS) is 35.9. The van der Waals surface area contributed by atoms with Crippen LogP contribution in [0, 0.1) is 23.2 Å². The van der Waals surface area contributed by atoms with Crippen molar-refractivity contribution in [1.29, 1.82) is 0 Å². The van der Waals surface area contributed by atoms with E-state index in [9.17, 15) is 4.79 Å². The third kappa shape index (κ3) is 4.00. The third-order valence-corrected chi connectivity index (χ3v) is 8.92. The Hall–Kier alpha value is -1.23. The Morgan fingerprint density at radius 1 is 1.16 bits per heavy atom. The van der Waals surface area contributed by atoms with Crippen LogP contribution in [0.2, 0.25) is 10.0 Å². The lowest BCUT2D eigenvalue weighted by Crippen LogP contribution is -2.49. The van der Waals surface area contributed by atoms with Crippen LogP contribution in [0.3, 0.4) is 0 Å². The highest BCUT2D eigenvalue weighted by Gasteiger charge is 2.52. The maximum absolute atomic E-state index is 12.8. The number of halogens is 2. The molecule has 0 amide bonds. The summed E-state index contributed by atoms with van der Waals surface area (Å²) in [6, 6.07) is 5.82. The molecular formula is C25H32Cl2N2O2. The number of rotatable bonds is 3. The van der Waals surface area contributed by atoms with Gasteiger partial charge in [-0.05, 0) is 48.8 Å². The molecule has 4 nitrogen and oxygen atoms in total. The molecule has 2 aliphatic carbocycles. The minimum Gasteiger partial charge on any atom is -0.461 e. The lowest BCUT2D eigenvalue weighted by Gasteiger charge is -2.46. The van der Waals surface area contributed by atoms with Gasteiger partial charge in [-0.1, -0.05) is 55.1 Å². The molecule has 31 heavy (non-hydrogen) atoms. The summed E-state index contributed by atoms with van der Waals surface area (Å²) in [5, 5.41) is 1.18. The quantitative estimate of drug-likeness (QED) is 0.442. The van der Waals surface area contributed by atoms with Crippen LogP contribution in [0.1, 0.15) is 39.5 Å². The summed E-state index contributed by atoms with van der Waals surface area (Å²) in [5.41, 5.74) is 2.92. The van der Waals surface area contributed by atoms with Crippen molar-refractivity contribution < 1.29 is 9.53 Å². The highest BCUT2D eigenvalue weighted by atomic mass is 35.5. The molecule has 2 heterocycles. The van der Waals surface area contributed by atoms with Crippen LogP contribution in [0.5, 0.6) is 0 Å². The number of ether oxygens (including phenoxy) is 1. The summed E-state index contributed by atoms with van der Waals surface area (Å²) in [6.07, 6.45) is 7.31. The molecule has 0 unspecified atom stereocenters. The molecule has 3 fully saturated rings. The van der Waals surface area contributed by atoms with Gasteiger partial charge in [0, 0.05) is 44.3 Å². The van der Waals surface area contributed by atoms with Gasteiger partial charge in [-0.15, -0.1) is 0 Å². The maximum atomic E-state index is 12.8. The molecule has 0 N–H and O–H groups in total. The Labute approximate surface area is 195 Å². The zero-order valence-electron chi connectivity index (χ0n) is 18.4. The number of anilines is 1. The molecule has 2 saturated heterocycles. The van der Waals surface area contributed by atoms with E-state index in [1.165, 1.54) is 19.3 Å². The summed E-state index contributed by atoms with van der Waals surface area (Å²) in [6.45, 7) is 9.25. The number of fused-ring (bicyclic) bond motifs is 2. The molecule has 5 rings (SSSR count). The van der Waals surface area contributed by atoms with Crippen molar-refractivity contribution >= 4 is 34.9 Å².